The Morgan fingerprint density at radius 3 is 2.57 bits per heavy atom. The molecule has 14 heavy (non-hydrogen) atoms. The fourth-order valence-electron chi connectivity index (χ4n) is 1.67. The number of fused-ring (bicyclic) bond motifs is 1. The molecule has 1 nitrogen and oxygen atoms in total. The quantitative estimate of drug-likeness (QED) is 0.667. The van der Waals surface area contributed by atoms with Gasteiger partial charge >= 0.3 is 0 Å². The van der Waals surface area contributed by atoms with E-state index in [0.29, 0.717) is 5.92 Å². The van der Waals surface area contributed by atoms with Gasteiger partial charge in [0.15, 0.2) is 0 Å². The van der Waals surface area contributed by atoms with Crippen molar-refractivity contribution < 1.29 is 0 Å². The zero-order valence-corrected chi connectivity index (χ0v) is 9.47. The minimum Gasteiger partial charge on any atom is -0.335 e. The van der Waals surface area contributed by atoms with Crippen molar-refractivity contribution in [1.29, 1.82) is 0 Å². The van der Waals surface area contributed by atoms with Gasteiger partial charge in [-0.3, -0.25) is 0 Å². The molecule has 0 unspecified atom stereocenters. The fourth-order valence-corrected chi connectivity index (χ4v) is 1.88. The van der Waals surface area contributed by atoms with E-state index in [4.69, 9.17) is 11.6 Å². The van der Waals surface area contributed by atoms with Gasteiger partial charge in [-0.15, -0.1) is 0 Å². The first-order valence-corrected chi connectivity index (χ1v) is 5.22. The summed E-state index contributed by atoms with van der Waals surface area (Å²) >= 11 is 6.05. The van der Waals surface area contributed by atoms with Crippen molar-refractivity contribution in [3.05, 3.63) is 35.0 Å². The van der Waals surface area contributed by atoms with E-state index < -0.39 is 0 Å². The lowest BCUT2D eigenvalue weighted by Crippen LogP contribution is -1.90. The first kappa shape index (κ1) is 9.60. The van der Waals surface area contributed by atoms with Crippen LogP contribution in [0.5, 0.6) is 0 Å². The monoisotopic (exact) mass is 207 g/mol. The second-order valence-electron chi connectivity index (χ2n) is 4.00. The lowest BCUT2D eigenvalue weighted by Gasteiger charge is -2.05. The minimum atomic E-state index is 0.563. The number of benzene rings is 1. The lowest BCUT2D eigenvalue weighted by molar-refractivity contribution is 0.865. The molecule has 1 aromatic heterocycles. The molecule has 0 saturated carbocycles. The summed E-state index contributed by atoms with van der Waals surface area (Å²) in [7, 11) is 1.99. The average molecular weight is 208 g/mol. The fraction of sp³-hybridized carbons (Fsp3) is 0.333. The first-order chi connectivity index (χ1) is 6.59. The molecule has 0 aliphatic rings. The van der Waals surface area contributed by atoms with E-state index in [1.807, 2.05) is 17.7 Å². The van der Waals surface area contributed by atoms with Crippen LogP contribution in [-0.2, 0) is 7.05 Å². The maximum atomic E-state index is 6.05. The highest BCUT2D eigenvalue weighted by atomic mass is 35.5. The Labute approximate surface area is 89.3 Å². The predicted octanol–water partition coefficient (Wildman–Crippen LogP) is 3.96. The van der Waals surface area contributed by atoms with Gasteiger partial charge in [0.2, 0.25) is 0 Å². The Balaban J connectivity index is 2.69. The van der Waals surface area contributed by atoms with Crippen molar-refractivity contribution in [3.63, 3.8) is 0 Å². The average Bonchev–Trinajstić information content (AvgIpc) is 2.43. The number of halogens is 1. The van der Waals surface area contributed by atoms with E-state index in [2.05, 4.69) is 32.0 Å². The highest BCUT2D eigenvalue weighted by Gasteiger charge is 2.05. The van der Waals surface area contributed by atoms with Crippen molar-refractivity contribution in [2.24, 2.45) is 7.05 Å². The molecular formula is C12H14ClN. The van der Waals surface area contributed by atoms with E-state index in [9.17, 15) is 0 Å². The first-order valence-electron chi connectivity index (χ1n) is 4.84. The highest BCUT2D eigenvalue weighted by Crippen LogP contribution is 2.25. The molecule has 0 fully saturated rings. The second-order valence-corrected chi connectivity index (χ2v) is 4.39. The summed E-state index contributed by atoms with van der Waals surface area (Å²) in [5.74, 6) is 0.563. The van der Waals surface area contributed by atoms with Gasteiger partial charge in [0, 0.05) is 18.0 Å². The largest absolute Gasteiger partial charge is 0.335 e. The molecule has 1 aromatic carbocycles. The molecule has 2 heteroatoms. The van der Waals surface area contributed by atoms with Gasteiger partial charge in [-0.2, -0.15) is 0 Å². The summed E-state index contributed by atoms with van der Waals surface area (Å²) in [6.07, 6.45) is 0. The molecule has 0 aliphatic carbocycles. The summed E-state index contributed by atoms with van der Waals surface area (Å²) in [4.78, 5) is 0. The molecule has 0 N–H and O–H groups in total. The van der Waals surface area contributed by atoms with Crippen LogP contribution in [0.2, 0.25) is 5.15 Å². The molecule has 74 valence electrons. The number of nitrogens with zero attached hydrogens (tertiary/aromatic N) is 1. The van der Waals surface area contributed by atoms with Crippen molar-refractivity contribution >= 4 is 22.5 Å². The van der Waals surface area contributed by atoms with Gasteiger partial charge in [-0.25, -0.2) is 0 Å². The number of hydrogen-bond donors (Lipinski definition) is 0. The van der Waals surface area contributed by atoms with Gasteiger partial charge in [0.1, 0.15) is 5.15 Å². The molecule has 0 atom stereocenters. The van der Waals surface area contributed by atoms with Gasteiger partial charge in [0.25, 0.3) is 0 Å². The summed E-state index contributed by atoms with van der Waals surface area (Å²) in [6.45, 7) is 4.40. The standard InChI is InChI=1S/C12H14ClN/c1-8(2)9-4-5-10-7-12(13)14(3)11(10)6-9/h4-8H,1-3H3. The highest BCUT2D eigenvalue weighted by molar-refractivity contribution is 6.30. The van der Waals surface area contributed by atoms with Crippen LogP contribution in [0.3, 0.4) is 0 Å². The van der Waals surface area contributed by atoms with E-state index in [0.717, 1.165) is 5.15 Å². The van der Waals surface area contributed by atoms with Crippen molar-refractivity contribution in [1.82, 2.24) is 4.57 Å². The third-order valence-electron chi connectivity index (χ3n) is 2.68. The molecule has 0 spiro atoms. The van der Waals surface area contributed by atoms with Gasteiger partial charge < -0.3 is 4.57 Å². The number of aromatic nitrogens is 1. The number of aryl methyl sites for hydroxylation is 1. The third kappa shape index (κ3) is 1.42. The van der Waals surface area contributed by atoms with Crippen LogP contribution in [0, 0.1) is 0 Å². The Morgan fingerprint density at radius 2 is 1.93 bits per heavy atom. The van der Waals surface area contributed by atoms with Crippen molar-refractivity contribution in [2.75, 3.05) is 0 Å². The Morgan fingerprint density at radius 1 is 1.21 bits per heavy atom. The summed E-state index contributed by atoms with van der Waals surface area (Å²) < 4.78 is 2.02. The van der Waals surface area contributed by atoms with Gasteiger partial charge in [-0.1, -0.05) is 37.6 Å². The molecule has 0 aliphatic heterocycles. The Kier molecular flexibility index (Phi) is 2.28. The molecular weight excluding hydrogens is 194 g/mol. The maximum absolute atomic E-state index is 6.05. The Bertz CT molecular complexity index is 468. The predicted molar refractivity (Wildman–Crippen MR) is 62.0 cm³/mol. The topological polar surface area (TPSA) is 4.93 Å². The third-order valence-corrected chi connectivity index (χ3v) is 3.04. The van der Waals surface area contributed by atoms with E-state index in [1.54, 1.807) is 0 Å². The Hall–Kier alpha value is -0.950. The maximum Gasteiger partial charge on any atom is 0.109 e. The van der Waals surface area contributed by atoms with Crippen LogP contribution >= 0.6 is 11.6 Å². The zero-order valence-electron chi connectivity index (χ0n) is 8.71. The van der Waals surface area contributed by atoms with Crippen molar-refractivity contribution in [2.45, 2.75) is 19.8 Å². The second kappa shape index (κ2) is 3.32. The van der Waals surface area contributed by atoms with Gasteiger partial charge in [-0.05, 0) is 23.6 Å². The summed E-state index contributed by atoms with van der Waals surface area (Å²) in [5.41, 5.74) is 2.57. The molecule has 1 heterocycles. The molecule has 0 amide bonds. The van der Waals surface area contributed by atoms with Crippen LogP contribution in [0.4, 0.5) is 0 Å². The van der Waals surface area contributed by atoms with Crippen LogP contribution < -0.4 is 0 Å². The van der Waals surface area contributed by atoms with Crippen LogP contribution in [0.25, 0.3) is 10.9 Å². The van der Waals surface area contributed by atoms with E-state index in [-0.39, 0.29) is 0 Å². The lowest BCUT2D eigenvalue weighted by atomic mass is 10.0. The number of hydrogen-bond acceptors (Lipinski definition) is 0. The molecule has 0 bridgehead atoms. The SMILES string of the molecule is CC(C)c1ccc2cc(Cl)n(C)c2c1. The number of rotatable bonds is 1. The van der Waals surface area contributed by atoms with E-state index in [1.165, 1.54) is 16.5 Å². The van der Waals surface area contributed by atoms with Crippen molar-refractivity contribution in [3.8, 4) is 0 Å². The van der Waals surface area contributed by atoms with Crippen LogP contribution in [-0.4, -0.2) is 4.57 Å². The smallest absolute Gasteiger partial charge is 0.109 e. The molecule has 0 radical (unpaired) electrons. The van der Waals surface area contributed by atoms with E-state index >= 15 is 0 Å². The van der Waals surface area contributed by atoms with Crippen LogP contribution in [0.1, 0.15) is 25.3 Å². The van der Waals surface area contributed by atoms with Gasteiger partial charge in [0.05, 0.1) is 0 Å². The van der Waals surface area contributed by atoms with Crippen LogP contribution in [0.15, 0.2) is 24.3 Å². The molecule has 2 rings (SSSR count). The molecule has 2 aromatic rings. The molecule has 0 saturated heterocycles. The summed E-state index contributed by atoms with van der Waals surface area (Å²) in [5, 5.41) is 2.00. The normalized spacial score (nSPS) is 11.5. The minimum absolute atomic E-state index is 0.563. The summed E-state index contributed by atoms with van der Waals surface area (Å²) in [6, 6.07) is 8.52. The zero-order chi connectivity index (χ0) is 10.3.